The molecule has 1 aliphatic heterocycles. The molecule has 0 amide bonds. The zero-order valence-corrected chi connectivity index (χ0v) is 12.8. The van der Waals surface area contributed by atoms with Gasteiger partial charge in [-0.2, -0.15) is 0 Å². The van der Waals surface area contributed by atoms with Crippen molar-refractivity contribution in [1.82, 2.24) is 0 Å². The smallest absolute Gasteiger partial charge is 0.160 e. The fourth-order valence-corrected chi connectivity index (χ4v) is 3.36. The summed E-state index contributed by atoms with van der Waals surface area (Å²) in [4.78, 5) is -0.0828. The van der Waals surface area contributed by atoms with Crippen molar-refractivity contribution in [3.05, 3.63) is 34.4 Å². The molecule has 0 radical (unpaired) electrons. The lowest BCUT2D eigenvalue weighted by Crippen LogP contribution is -2.19. The molecule has 1 aromatic carbocycles. The molecule has 1 saturated heterocycles. The van der Waals surface area contributed by atoms with Gasteiger partial charge >= 0.3 is 0 Å². The number of halogens is 4. The van der Waals surface area contributed by atoms with Crippen molar-refractivity contribution in [2.24, 2.45) is 0 Å². The van der Waals surface area contributed by atoms with Gasteiger partial charge in [0.05, 0.1) is 6.10 Å². The maximum absolute atomic E-state index is 13.2. The van der Waals surface area contributed by atoms with Crippen LogP contribution in [0.1, 0.15) is 42.5 Å². The zero-order chi connectivity index (χ0) is 13.8. The van der Waals surface area contributed by atoms with E-state index in [9.17, 15) is 8.78 Å². The van der Waals surface area contributed by atoms with E-state index in [-0.39, 0.29) is 16.0 Å². The van der Waals surface area contributed by atoms with Crippen LogP contribution in [-0.2, 0) is 4.74 Å². The van der Waals surface area contributed by atoms with E-state index in [4.69, 9.17) is 16.3 Å². The lowest BCUT2D eigenvalue weighted by atomic mass is 10.0. The van der Waals surface area contributed by atoms with Crippen LogP contribution in [-0.4, -0.2) is 12.7 Å². The number of rotatable bonds is 4. The standard InChI is InChI=1S/C14H16BrClF2O/c15-11(5-4-9-3-1-2-6-19-9)10-7-13(17)14(18)8-12(10)16/h7-9,11H,1-6H2. The molecule has 1 heterocycles. The molecule has 19 heavy (non-hydrogen) atoms. The highest BCUT2D eigenvalue weighted by atomic mass is 79.9. The van der Waals surface area contributed by atoms with E-state index in [1.807, 2.05) is 0 Å². The molecule has 0 aliphatic carbocycles. The second-order valence-electron chi connectivity index (χ2n) is 4.82. The third-order valence-corrected chi connectivity index (χ3v) is 4.67. The van der Waals surface area contributed by atoms with E-state index in [0.717, 1.165) is 38.4 Å². The van der Waals surface area contributed by atoms with E-state index >= 15 is 0 Å². The van der Waals surface area contributed by atoms with E-state index in [2.05, 4.69) is 15.9 Å². The first-order valence-electron chi connectivity index (χ1n) is 6.48. The Morgan fingerprint density at radius 2 is 2.05 bits per heavy atom. The lowest BCUT2D eigenvalue weighted by molar-refractivity contribution is 0.0102. The molecule has 1 aliphatic rings. The fraction of sp³-hybridized carbons (Fsp3) is 0.571. The molecule has 1 nitrogen and oxygen atoms in total. The largest absolute Gasteiger partial charge is 0.378 e. The van der Waals surface area contributed by atoms with Gasteiger partial charge in [0.2, 0.25) is 0 Å². The van der Waals surface area contributed by atoms with Gasteiger partial charge in [0.1, 0.15) is 0 Å². The van der Waals surface area contributed by atoms with Crippen LogP contribution >= 0.6 is 27.5 Å². The van der Waals surface area contributed by atoms with Gasteiger partial charge in [-0.1, -0.05) is 27.5 Å². The van der Waals surface area contributed by atoms with Crippen molar-refractivity contribution in [3.8, 4) is 0 Å². The Labute approximate surface area is 125 Å². The minimum absolute atomic E-state index is 0.0828. The lowest BCUT2D eigenvalue weighted by Gasteiger charge is -2.23. The fourth-order valence-electron chi connectivity index (χ4n) is 2.30. The van der Waals surface area contributed by atoms with Crippen molar-refractivity contribution in [3.63, 3.8) is 0 Å². The zero-order valence-electron chi connectivity index (χ0n) is 10.5. The van der Waals surface area contributed by atoms with Crippen LogP contribution in [0.15, 0.2) is 12.1 Å². The van der Waals surface area contributed by atoms with Gasteiger partial charge in [-0.15, -0.1) is 0 Å². The molecule has 0 spiro atoms. The average molecular weight is 354 g/mol. The molecule has 0 aromatic heterocycles. The maximum atomic E-state index is 13.2. The highest BCUT2D eigenvalue weighted by molar-refractivity contribution is 9.09. The average Bonchev–Trinajstić information content (AvgIpc) is 2.41. The molecular weight excluding hydrogens is 338 g/mol. The van der Waals surface area contributed by atoms with Gasteiger partial charge < -0.3 is 4.74 Å². The predicted molar refractivity (Wildman–Crippen MR) is 75.9 cm³/mol. The van der Waals surface area contributed by atoms with Crippen molar-refractivity contribution in [1.29, 1.82) is 0 Å². The maximum Gasteiger partial charge on any atom is 0.160 e. The normalized spacial score (nSPS) is 21.4. The van der Waals surface area contributed by atoms with Crippen molar-refractivity contribution < 1.29 is 13.5 Å². The van der Waals surface area contributed by atoms with Crippen LogP contribution in [0.4, 0.5) is 8.78 Å². The van der Waals surface area contributed by atoms with Crippen LogP contribution in [0.2, 0.25) is 5.02 Å². The van der Waals surface area contributed by atoms with Crippen LogP contribution < -0.4 is 0 Å². The molecule has 106 valence electrons. The van der Waals surface area contributed by atoms with Gasteiger partial charge in [-0.05, 0) is 49.8 Å². The van der Waals surface area contributed by atoms with Gasteiger partial charge in [0, 0.05) is 16.5 Å². The quantitative estimate of drug-likeness (QED) is 0.520. The second-order valence-corrected chi connectivity index (χ2v) is 6.33. The monoisotopic (exact) mass is 352 g/mol. The minimum Gasteiger partial charge on any atom is -0.378 e. The van der Waals surface area contributed by atoms with Gasteiger partial charge in [-0.3, -0.25) is 0 Å². The SMILES string of the molecule is Fc1cc(Cl)c(C(Br)CCC2CCCCO2)cc1F. The van der Waals surface area contributed by atoms with E-state index in [0.29, 0.717) is 5.56 Å². The molecule has 2 atom stereocenters. The number of hydrogen-bond acceptors (Lipinski definition) is 1. The summed E-state index contributed by atoms with van der Waals surface area (Å²) < 4.78 is 31.9. The van der Waals surface area contributed by atoms with Gasteiger partial charge in [-0.25, -0.2) is 8.78 Å². The number of ether oxygens (including phenoxy) is 1. The minimum atomic E-state index is -0.913. The first-order chi connectivity index (χ1) is 9.08. The Morgan fingerprint density at radius 1 is 1.32 bits per heavy atom. The Balaban J connectivity index is 1.95. The topological polar surface area (TPSA) is 9.23 Å². The van der Waals surface area contributed by atoms with E-state index in [1.54, 1.807) is 0 Å². The molecule has 5 heteroatoms. The van der Waals surface area contributed by atoms with Crippen LogP contribution in [0.3, 0.4) is 0 Å². The number of benzene rings is 1. The molecule has 2 unspecified atom stereocenters. The summed E-state index contributed by atoms with van der Waals surface area (Å²) in [6.07, 6.45) is 5.36. The number of alkyl halides is 1. The predicted octanol–water partition coefficient (Wildman–Crippen LogP) is 5.40. The Bertz CT molecular complexity index is 436. The van der Waals surface area contributed by atoms with Crippen molar-refractivity contribution in [2.75, 3.05) is 6.61 Å². The van der Waals surface area contributed by atoms with Crippen molar-refractivity contribution >= 4 is 27.5 Å². The van der Waals surface area contributed by atoms with E-state index < -0.39 is 11.6 Å². The summed E-state index contributed by atoms with van der Waals surface area (Å²) in [5.74, 6) is -1.78. The molecule has 0 bridgehead atoms. The second kappa shape index (κ2) is 7.00. The molecular formula is C14H16BrClF2O. The Morgan fingerprint density at radius 3 is 2.74 bits per heavy atom. The van der Waals surface area contributed by atoms with Crippen molar-refractivity contribution in [2.45, 2.75) is 43.0 Å². The summed E-state index contributed by atoms with van der Waals surface area (Å²) in [5.41, 5.74) is 0.594. The third kappa shape index (κ3) is 4.14. The van der Waals surface area contributed by atoms with Gasteiger partial charge in [0.15, 0.2) is 11.6 Å². The molecule has 1 aromatic rings. The molecule has 0 saturated carbocycles. The Hall–Kier alpha value is -0.190. The highest BCUT2D eigenvalue weighted by Gasteiger charge is 2.19. The van der Waals surface area contributed by atoms with Crippen LogP contribution in [0.25, 0.3) is 0 Å². The first-order valence-corrected chi connectivity index (χ1v) is 7.77. The van der Waals surface area contributed by atoms with Crippen LogP contribution in [0, 0.1) is 11.6 Å². The summed E-state index contributed by atoms with van der Waals surface area (Å²) in [6.45, 7) is 0.823. The molecule has 2 rings (SSSR count). The van der Waals surface area contributed by atoms with Crippen LogP contribution in [0.5, 0.6) is 0 Å². The summed E-state index contributed by atoms with van der Waals surface area (Å²) in [5, 5.41) is 0.255. The first kappa shape index (κ1) is 15.2. The summed E-state index contributed by atoms with van der Waals surface area (Å²) in [7, 11) is 0. The highest BCUT2D eigenvalue weighted by Crippen LogP contribution is 2.35. The molecule has 1 fully saturated rings. The number of hydrogen-bond donors (Lipinski definition) is 0. The van der Waals surface area contributed by atoms with E-state index in [1.165, 1.54) is 12.5 Å². The van der Waals surface area contributed by atoms with Gasteiger partial charge in [0.25, 0.3) is 0 Å². The summed E-state index contributed by atoms with van der Waals surface area (Å²) >= 11 is 9.44. The molecule has 0 N–H and O–H groups in total. The summed E-state index contributed by atoms with van der Waals surface area (Å²) in [6, 6.07) is 2.19. The third-order valence-electron chi connectivity index (χ3n) is 3.39. The Kier molecular flexibility index (Phi) is 5.60.